The molecule has 0 radical (unpaired) electrons. The van der Waals surface area contributed by atoms with E-state index in [4.69, 9.17) is 24.6 Å². The van der Waals surface area contributed by atoms with Crippen LogP contribution in [0.25, 0.3) is 0 Å². The monoisotopic (exact) mass is 237 g/mol. The maximum Gasteiger partial charge on any atom is 0.203 e. The van der Waals surface area contributed by atoms with Gasteiger partial charge in [-0.15, -0.1) is 0 Å². The average molecular weight is 237 g/mol. The van der Waals surface area contributed by atoms with E-state index < -0.39 is 5.92 Å². The van der Waals surface area contributed by atoms with Crippen molar-refractivity contribution in [1.82, 2.24) is 0 Å². The van der Waals surface area contributed by atoms with Gasteiger partial charge in [-0.3, -0.25) is 0 Å². The van der Waals surface area contributed by atoms with Crippen LogP contribution in [0.15, 0.2) is 12.1 Å². The van der Waals surface area contributed by atoms with Gasteiger partial charge in [0.1, 0.15) is 0 Å². The Morgan fingerprint density at radius 1 is 1.18 bits per heavy atom. The van der Waals surface area contributed by atoms with Gasteiger partial charge in [-0.25, -0.2) is 0 Å². The molecule has 5 nitrogen and oxygen atoms in total. The molecule has 0 aromatic heterocycles. The van der Waals surface area contributed by atoms with Crippen molar-refractivity contribution in [2.24, 2.45) is 0 Å². The normalized spacial score (nSPS) is 11.5. The Morgan fingerprint density at radius 3 is 2.24 bits per heavy atom. The Hall–Kier alpha value is -1.93. The van der Waals surface area contributed by atoms with Crippen LogP contribution in [0, 0.1) is 11.3 Å². The van der Waals surface area contributed by atoms with E-state index in [1.165, 1.54) is 21.3 Å². The van der Waals surface area contributed by atoms with Gasteiger partial charge in [0.25, 0.3) is 0 Å². The molecule has 1 unspecified atom stereocenters. The predicted molar refractivity (Wildman–Crippen MR) is 61.5 cm³/mol. The summed E-state index contributed by atoms with van der Waals surface area (Å²) in [6.45, 7) is -0.275. The molecule has 0 spiro atoms. The van der Waals surface area contributed by atoms with E-state index >= 15 is 0 Å². The fourth-order valence-electron chi connectivity index (χ4n) is 1.61. The van der Waals surface area contributed by atoms with Gasteiger partial charge >= 0.3 is 0 Å². The van der Waals surface area contributed by atoms with E-state index in [1.54, 1.807) is 12.1 Å². The number of methoxy groups -OCH3 is 3. The van der Waals surface area contributed by atoms with E-state index in [-0.39, 0.29) is 6.61 Å². The summed E-state index contributed by atoms with van der Waals surface area (Å²) in [5.41, 5.74) is 0.579. The molecular weight excluding hydrogens is 222 g/mol. The minimum atomic E-state index is -0.648. The fourth-order valence-corrected chi connectivity index (χ4v) is 1.61. The average Bonchev–Trinajstić information content (AvgIpc) is 2.39. The standard InChI is InChI=1S/C12H15NO4/c1-15-10-5-4-9(8(6-13)7-14)11(16-2)12(10)17-3/h4-5,8,14H,7H2,1-3H3. The molecule has 0 saturated carbocycles. The summed E-state index contributed by atoms with van der Waals surface area (Å²) in [4.78, 5) is 0. The Labute approximate surface area is 100 Å². The van der Waals surface area contributed by atoms with E-state index in [0.717, 1.165) is 0 Å². The van der Waals surface area contributed by atoms with Gasteiger partial charge in [0, 0.05) is 5.56 Å². The third-order valence-corrected chi connectivity index (χ3v) is 2.45. The zero-order valence-electron chi connectivity index (χ0n) is 10.1. The van der Waals surface area contributed by atoms with Gasteiger partial charge in [0.05, 0.1) is 39.9 Å². The number of hydrogen-bond acceptors (Lipinski definition) is 5. The van der Waals surface area contributed by atoms with Crippen molar-refractivity contribution in [3.05, 3.63) is 17.7 Å². The second kappa shape index (κ2) is 5.97. The lowest BCUT2D eigenvalue weighted by Gasteiger charge is -2.17. The number of nitriles is 1. The highest BCUT2D eigenvalue weighted by molar-refractivity contribution is 5.57. The number of hydrogen-bond donors (Lipinski definition) is 1. The molecule has 0 saturated heterocycles. The summed E-state index contributed by atoms with van der Waals surface area (Å²) >= 11 is 0. The smallest absolute Gasteiger partial charge is 0.203 e. The number of aliphatic hydroxyl groups excluding tert-OH is 1. The number of rotatable bonds is 5. The summed E-state index contributed by atoms with van der Waals surface area (Å²) in [6.07, 6.45) is 0. The van der Waals surface area contributed by atoms with Gasteiger partial charge < -0.3 is 19.3 Å². The van der Waals surface area contributed by atoms with Crippen LogP contribution in [0.3, 0.4) is 0 Å². The Bertz CT molecular complexity index is 425. The first-order valence-electron chi connectivity index (χ1n) is 5.02. The molecular formula is C12H15NO4. The summed E-state index contributed by atoms with van der Waals surface area (Å²) < 4.78 is 15.6. The highest BCUT2D eigenvalue weighted by Gasteiger charge is 2.21. The van der Waals surface area contributed by atoms with Crippen molar-refractivity contribution in [2.75, 3.05) is 27.9 Å². The zero-order valence-corrected chi connectivity index (χ0v) is 10.1. The molecule has 1 rings (SSSR count). The highest BCUT2D eigenvalue weighted by atomic mass is 16.5. The van der Waals surface area contributed by atoms with Crippen molar-refractivity contribution in [1.29, 1.82) is 5.26 Å². The lowest BCUT2D eigenvalue weighted by Crippen LogP contribution is -2.05. The predicted octanol–water partition coefficient (Wildman–Crippen LogP) is 1.31. The number of nitrogens with zero attached hydrogens (tertiary/aromatic N) is 1. The third kappa shape index (κ3) is 2.43. The Morgan fingerprint density at radius 2 is 1.82 bits per heavy atom. The van der Waals surface area contributed by atoms with Crippen molar-refractivity contribution in [3.8, 4) is 23.3 Å². The van der Waals surface area contributed by atoms with E-state index in [1.807, 2.05) is 6.07 Å². The summed E-state index contributed by atoms with van der Waals surface area (Å²) in [5.74, 6) is 0.695. The molecule has 1 N–H and O–H groups in total. The Kier molecular flexibility index (Phi) is 4.61. The molecule has 1 aromatic rings. The maximum atomic E-state index is 9.14. The molecule has 0 aliphatic rings. The topological polar surface area (TPSA) is 71.7 Å². The first-order chi connectivity index (χ1) is 8.23. The van der Waals surface area contributed by atoms with Gasteiger partial charge in [-0.1, -0.05) is 0 Å². The van der Waals surface area contributed by atoms with Gasteiger partial charge in [0.15, 0.2) is 11.5 Å². The molecule has 0 fully saturated rings. The van der Waals surface area contributed by atoms with E-state index in [0.29, 0.717) is 22.8 Å². The number of ether oxygens (including phenoxy) is 3. The minimum Gasteiger partial charge on any atom is -0.493 e. The first-order valence-corrected chi connectivity index (χ1v) is 5.02. The zero-order chi connectivity index (χ0) is 12.8. The van der Waals surface area contributed by atoms with Crippen molar-refractivity contribution in [2.45, 2.75) is 5.92 Å². The van der Waals surface area contributed by atoms with E-state index in [2.05, 4.69) is 0 Å². The lowest BCUT2D eigenvalue weighted by molar-refractivity contribution is 0.279. The summed E-state index contributed by atoms with van der Waals surface area (Å²) in [7, 11) is 4.49. The molecule has 0 aliphatic carbocycles. The van der Waals surface area contributed by atoms with Crippen molar-refractivity contribution >= 4 is 0 Å². The number of benzene rings is 1. The first kappa shape index (κ1) is 13.1. The molecule has 1 atom stereocenters. The molecule has 0 bridgehead atoms. The van der Waals surface area contributed by atoms with Crippen LogP contribution in [0.2, 0.25) is 0 Å². The van der Waals surface area contributed by atoms with E-state index in [9.17, 15) is 0 Å². The fraction of sp³-hybridized carbons (Fsp3) is 0.417. The van der Waals surface area contributed by atoms with Crippen LogP contribution >= 0.6 is 0 Å². The highest BCUT2D eigenvalue weighted by Crippen LogP contribution is 2.42. The molecule has 5 heteroatoms. The van der Waals surface area contributed by atoms with Gasteiger partial charge in [-0.05, 0) is 12.1 Å². The SMILES string of the molecule is COc1ccc(C(C#N)CO)c(OC)c1OC. The minimum absolute atomic E-state index is 0.275. The van der Waals surface area contributed by atoms with Crippen LogP contribution in [0.4, 0.5) is 0 Å². The molecule has 92 valence electrons. The third-order valence-electron chi connectivity index (χ3n) is 2.45. The second-order valence-electron chi connectivity index (χ2n) is 3.29. The molecule has 1 aromatic carbocycles. The molecule has 17 heavy (non-hydrogen) atoms. The van der Waals surface area contributed by atoms with Gasteiger partial charge in [0.2, 0.25) is 5.75 Å². The molecule has 0 aliphatic heterocycles. The van der Waals surface area contributed by atoms with Crippen LogP contribution < -0.4 is 14.2 Å². The van der Waals surface area contributed by atoms with Crippen LogP contribution in [0.1, 0.15) is 11.5 Å². The Balaban J connectivity index is 3.38. The summed E-state index contributed by atoms with van der Waals surface area (Å²) in [5, 5.41) is 18.1. The summed E-state index contributed by atoms with van der Waals surface area (Å²) in [6, 6.07) is 5.37. The van der Waals surface area contributed by atoms with Crippen LogP contribution in [0.5, 0.6) is 17.2 Å². The van der Waals surface area contributed by atoms with Crippen LogP contribution in [-0.2, 0) is 0 Å². The molecule has 0 amide bonds. The maximum absolute atomic E-state index is 9.14. The quantitative estimate of drug-likeness (QED) is 0.836. The molecule has 0 heterocycles. The lowest BCUT2D eigenvalue weighted by atomic mass is 9.99. The van der Waals surface area contributed by atoms with Crippen molar-refractivity contribution < 1.29 is 19.3 Å². The van der Waals surface area contributed by atoms with Crippen LogP contribution in [-0.4, -0.2) is 33.0 Å². The van der Waals surface area contributed by atoms with Gasteiger partial charge in [-0.2, -0.15) is 5.26 Å². The van der Waals surface area contributed by atoms with Crippen molar-refractivity contribution in [3.63, 3.8) is 0 Å². The largest absolute Gasteiger partial charge is 0.493 e. The second-order valence-corrected chi connectivity index (χ2v) is 3.29. The number of aliphatic hydroxyl groups is 1.